The van der Waals surface area contributed by atoms with Gasteiger partial charge in [0.1, 0.15) is 5.75 Å². The van der Waals surface area contributed by atoms with Gasteiger partial charge in [0.25, 0.3) is 0 Å². The molecule has 0 aliphatic carbocycles. The van der Waals surface area contributed by atoms with Crippen molar-refractivity contribution in [3.8, 4) is 5.75 Å². The predicted molar refractivity (Wildman–Crippen MR) is 72.7 cm³/mol. The molecule has 2 nitrogen and oxygen atoms in total. The largest absolute Gasteiger partial charge is 0.497 e. The van der Waals surface area contributed by atoms with Crippen LogP contribution in [0.5, 0.6) is 5.75 Å². The topological polar surface area (TPSA) is 35.2 Å². The molecule has 0 saturated carbocycles. The van der Waals surface area contributed by atoms with E-state index in [0.717, 1.165) is 11.4 Å². The molecule has 2 rings (SSSR count). The molecule has 0 unspecified atom stereocenters. The summed E-state index contributed by atoms with van der Waals surface area (Å²) < 4.78 is 5.13. The van der Waals surface area contributed by atoms with Gasteiger partial charge >= 0.3 is 0 Å². The Morgan fingerprint density at radius 3 is 2.41 bits per heavy atom. The predicted octanol–water partition coefficient (Wildman–Crippen LogP) is 3.74. The van der Waals surface area contributed by atoms with Crippen LogP contribution in [0.3, 0.4) is 0 Å². The smallest absolute Gasteiger partial charge is 0.118 e. The fourth-order valence-corrected chi connectivity index (χ4v) is 2.45. The van der Waals surface area contributed by atoms with Crippen LogP contribution in [0.15, 0.2) is 52.3 Å². The zero-order valence-electron chi connectivity index (χ0n) is 9.94. The molecule has 0 radical (unpaired) electrons. The van der Waals surface area contributed by atoms with Gasteiger partial charge in [-0.25, -0.2) is 0 Å². The normalized spacial score (nSPS) is 10.2. The summed E-state index contributed by atoms with van der Waals surface area (Å²) in [7, 11) is 1.67. The van der Waals surface area contributed by atoms with Crippen molar-refractivity contribution in [2.24, 2.45) is 0 Å². The van der Waals surface area contributed by atoms with Crippen LogP contribution in [-0.4, -0.2) is 7.11 Å². The standard InChI is InChI=1S/C14H15NOS/c1-10-3-4-11(15)9-14(10)17-13-7-5-12(16-2)6-8-13/h3-9H,15H2,1-2H3. The molecule has 0 aliphatic heterocycles. The minimum absolute atomic E-state index is 0.798. The highest BCUT2D eigenvalue weighted by atomic mass is 32.2. The van der Waals surface area contributed by atoms with Crippen LogP contribution in [0.4, 0.5) is 5.69 Å². The summed E-state index contributed by atoms with van der Waals surface area (Å²) >= 11 is 1.71. The van der Waals surface area contributed by atoms with E-state index in [1.807, 2.05) is 42.5 Å². The summed E-state index contributed by atoms with van der Waals surface area (Å²) in [6, 6.07) is 14.0. The summed E-state index contributed by atoms with van der Waals surface area (Å²) in [6.07, 6.45) is 0. The number of hydrogen-bond acceptors (Lipinski definition) is 3. The summed E-state index contributed by atoms with van der Waals surface area (Å²) in [5.74, 6) is 0.874. The first-order chi connectivity index (χ1) is 8.19. The zero-order chi connectivity index (χ0) is 12.3. The Kier molecular flexibility index (Phi) is 3.59. The molecule has 0 spiro atoms. The van der Waals surface area contributed by atoms with Gasteiger partial charge in [0.15, 0.2) is 0 Å². The number of nitrogens with two attached hydrogens (primary N) is 1. The molecular formula is C14H15NOS. The van der Waals surface area contributed by atoms with Gasteiger partial charge in [-0.2, -0.15) is 0 Å². The molecular weight excluding hydrogens is 230 g/mol. The first-order valence-electron chi connectivity index (χ1n) is 5.37. The first-order valence-corrected chi connectivity index (χ1v) is 6.19. The van der Waals surface area contributed by atoms with Gasteiger partial charge in [-0.05, 0) is 48.9 Å². The number of anilines is 1. The van der Waals surface area contributed by atoms with E-state index < -0.39 is 0 Å². The maximum atomic E-state index is 5.79. The molecule has 0 saturated heterocycles. The molecule has 2 N–H and O–H groups in total. The highest BCUT2D eigenvalue weighted by Crippen LogP contribution is 2.32. The van der Waals surface area contributed by atoms with Crippen molar-refractivity contribution in [2.45, 2.75) is 16.7 Å². The maximum absolute atomic E-state index is 5.79. The van der Waals surface area contributed by atoms with Gasteiger partial charge < -0.3 is 10.5 Å². The SMILES string of the molecule is COc1ccc(Sc2cc(N)ccc2C)cc1. The van der Waals surface area contributed by atoms with E-state index >= 15 is 0 Å². The molecule has 3 heteroatoms. The lowest BCUT2D eigenvalue weighted by molar-refractivity contribution is 0.414. The van der Waals surface area contributed by atoms with Crippen LogP contribution >= 0.6 is 11.8 Å². The lowest BCUT2D eigenvalue weighted by atomic mass is 10.2. The van der Waals surface area contributed by atoms with Gasteiger partial charge in [-0.15, -0.1) is 0 Å². The van der Waals surface area contributed by atoms with E-state index in [0.29, 0.717) is 0 Å². The van der Waals surface area contributed by atoms with Crippen molar-refractivity contribution in [3.05, 3.63) is 48.0 Å². The van der Waals surface area contributed by atoms with E-state index in [1.54, 1.807) is 18.9 Å². The van der Waals surface area contributed by atoms with Crippen LogP contribution in [0.25, 0.3) is 0 Å². The molecule has 0 amide bonds. The Hall–Kier alpha value is -1.61. The van der Waals surface area contributed by atoms with Crippen molar-refractivity contribution in [3.63, 3.8) is 0 Å². The molecule has 0 fully saturated rings. The van der Waals surface area contributed by atoms with E-state index in [-0.39, 0.29) is 0 Å². The van der Waals surface area contributed by atoms with E-state index in [9.17, 15) is 0 Å². The van der Waals surface area contributed by atoms with Crippen LogP contribution < -0.4 is 10.5 Å². The first kappa shape index (κ1) is 11.9. The van der Waals surface area contributed by atoms with E-state index in [2.05, 4.69) is 6.92 Å². The molecule has 0 heterocycles. The molecule has 88 valence electrons. The van der Waals surface area contributed by atoms with Gasteiger partial charge in [0.2, 0.25) is 0 Å². The zero-order valence-corrected chi connectivity index (χ0v) is 10.8. The van der Waals surface area contributed by atoms with Crippen LogP contribution in [0, 0.1) is 6.92 Å². The van der Waals surface area contributed by atoms with Crippen LogP contribution in [0.2, 0.25) is 0 Å². The minimum atomic E-state index is 0.798. The Balaban J connectivity index is 2.22. The molecule has 0 aromatic heterocycles. The monoisotopic (exact) mass is 245 g/mol. The molecule has 17 heavy (non-hydrogen) atoms. The van der Waals surface area contributed by atoms with Gasteiger partial charge in [-0.1, -0.05) is 17.8 Å². The van der Waals surface area contributed by atoms with Crippen LogP contribution in [0.1, 0.15) is 5.56 Å². The van der Waals surface area contributed by atoms with E-state index in [4.69, 9.17) is 10.5 Å². The fourth-order valence-electron chi connectivity index (χ4n) is 1.50. The van der Waals surface area contributed by atoms with E-state index in [1.165, 1.54) is 15.4 Å². The van der Waals surface area contributed by atoms with Crippen LogP contribution in [-0.2, 0) is 0 Å². The number of benzene rings is 2. The lowest BCUT2D eigenvalue weighted by Gasteiger charge is -2.07. The minimum Gasteiger partial charge on any atom is -0.497 e. The van der Waals surface area contributed by atoms with Gasteiger partial charge in [0, 0.05) is 15.5 Å². The summed E-state index contributed by atoms with van der Waals surface area (Å²) in [4.78, 5) is 2.37. The second kappa shape index (κ2) is 5.15. The van der Waals surface area contributed by atoms with Crippen molar-refractivity contribution in [1.29, 1.82) is 0 Å². The van der Waals surface area contributed by atoms with Crippen molar-refractivity contribution < 1.29 is 4.74 Å². The van der Waals surface area contributed by atoms with Crippen molar-refractivity contribution in [1.82, 2.24) is 0 Å². The second-order valence-electron chi connectivity index (χ2n) is 3.80. The number of ether oxygens (including phenoxy) is 1. The lowest BCUT2D eigenvalue weighted by Crippen LogP contribution is -1.87. The van der Waals surface area contributed by atoms with Crippen molar-refractivity contribution >= 4 is 17.4 Å². The fraction of sp³-hybridized carbons (Fsp3) is 0.143. The Bertz CT molecular complexity index is 508. The highest BCUT2D eigenvalue weighted by Gasteiger charge is 2.02. The quantitative estimate of drug-likeness (QED) is 0.837. The Labute approximate surface area is 106 Å². The summed E-state index contributed by atoms with van der Waals surface area (Å²) in [5, 5.41) is 0. The Morgan fingerprint density at radius 2 is 1.76 bits per heavy atom. The number of hydrogen-bond donors (Lipinski definition) is 1. The third-order valence-corrected chi connectivity index (χ3v) is 3.67. The average Bonchev–Trinajstić information content (AvgIpc) is 2.35. The molecule has 2 aromatic rings. The third kappa shape index (κ3) is 2.94. The number of nitrogen functional groups attached to an aromatic ring is 1. The highest BCUT2D eigenvalue weighted by molar-refractivity contribution is 7.99. The molecule has 0 aliphatic rings. The van der Waals surface area contributed by atoms with Gasteiger partial charge in [-0.3, -0.25) is 0 Å². The molecule has 2 aromatic carbocycles. The molecule has 0 atom stereocenters. The average molecular weight is 245 g/mol. The van der Waals surface area contributed by atoms with Crippen molar-refractivity contribution in [2.75, 3.05) is 12.8 Å². The number of methoxy groups -OCH3 is 1. The molecule has 0 bridgehead atoms. The number of rotatable bonds is 3. The summed E-state index contributed by atoms with van der Waals surface area (Å²) in [5.41, 5.74) is 7.83. The third-order valence-electron chi connectivity index (χ3n) is 2.50. The van der Waals surface area contributed by atoms with Gasteiger partial charge in [0.05, 0.1) is 7.11 Å². The Morgan fingerprint density at radius 1 is 1.06 bits per heavy atom. The number of aryl methyl sites for hydroxylation is 1. The second-order valence-corrected chi connectivity index (χ2v) is 4.92. The summed E-state index contributed by atoms with van der Waals surface area (Å²) in [6.45, 7) is 2.09. The maximum Gasteiger partial charge on any atom is 0.118 e.